The number of pyridine rings is 1. The number of nitrogens with zero attached hydrogens (tertiary/aromatic N) is 5. The van der Waals surface area contributed by atoms with Crippen molar-refractivity contribution in [3.05, 3.63) is 11.0 Å². The van der Waals surface area contributed by atoms with Crippen molar-refractivity contribution in [3.8, 4) is 11.9 Å². The van der Waals surface area contributed by atoms with Crippen molar-refractivity contribution in [3.63, 3.8) is 0 Å². The van der Waals surface area contributed by atoms with Crippen molar-refractivity contribution in [2.75, 3.05) is 44.4 Å². The van der Waals surface area contributed by atoms with Crippen LogP contribution in [0.15, 0.2) is 0 Å². The Morgan fingerprint density at radius 3 is 3.03 bits per heavy atom. The highest BCUT2D eigenvalue weighted by Crippen LogP contribution is 2.42. The Morgan fingerprint density at radius 2 is 2.16 bits per heavy atom. The van der Waals surface area contributed by atoms with Crippen LogP contribution in [0.25, 0.3) is 10.9 Å². The molecule has 0 radical (unpaired) electrons. The van der Waals surface area contributed by atoms with Gasteiger partial charge in [0.1, 0.15) is 35.6 Å². The van der Waals surface area contributed by atoms with Crippen molar-refractivity contribution < 1.29 is 23.0 Å². The fourth-order valence-electron chi connectivity index (χ4n) is 5.61. The molecule has 8 nitrogen and oxygen atoms in total. The van der Waals surface area contributed by atoms with Crippen LogP contribution in [0, 0.1) is 5.82 Å². The lowest BCUT2D eigenvalue weighted by Crippen LogP contribution is -2.52. The van der Waals surface area contributed by atoms with Crippen LogP contribution >= 0.6 is 11.6 Å². The summed E-state index contributed by atoms with van der Waals surface area (Å²) in [5, 5.41) is 0.0592. The first-order valence-corrected chi connectivity index (χ1v) is 11.4. The zero-order chi connectivity index (χ0) is 22.0. The van der Waals surface area contributed by atoms with Gasteiger partial charge in [0.15, 0.2) is 11.0 Å². The zero-order valence-corrected chi connectivity index (χ0v) is 18.4. The van der Waals surface area contributed by atoms with E-state index in [4.69, 9.17) is 25.8 Å². The van der Waals surface area contributed by atoms with Crippen molar-refractivity contribution >= 4 is 28.3 Å². The van der Waals surface area contributed by atoms with Crippen LogP contribution < -0.4 is 14.4 Å². The number of anilines is 1. The molecule has 172 valence electrons. The molecule has 3 fully saturated rings. The number of fused-ring (bicyclic) bond motifs is 3. The van der Waals surface area contributed by atoms with Crippen LogP contribution in [0.2, 0.25) is 5.15 Å². The molecule has 0 bridgehead atoms. The molecule has 0 unspecified atom stereocenters. The van der Waals surface area contributed by atoms with Crippen LogP contribution in [0.5, 0.6) is 11.9 Å². The van der Waals surface area contributed by atoms with Crippen LogP contribution in [-0.4, -0.2) is 83.2 Å². The lowest BCUT2D eigenvalue weighted by Gasteiger charge is -2.37. The molecule has 4 aliphatic rings. The minimum atomic E-state index is -0.862. The number of halogens is 3. The van der Waals surface area contributed by atoms with E-state index in [0.29, 0.717) is 43.9 Å². The predicted molar refractivity (Wildman–Crippen MR) is 113 cm³/mol. The summed E-state index contributed by atoms with van der Waals surface area (Å²) in [6, 6.07) is -0.0836. The summed E-state index contributed by atoms with van der Waals surface area (Å²) in [5.41, 5.74) is -0.347. The summed E-state index contributed by atoms with van der Waals surface area (Å²) in [5.74, 6) is -0.0463. The first-order valence-electron chi connectivity index (χ1n) is 11.0. The lowest BCUT2D eigenvalue weighted by atomic mass is 9.95. The third kappa shape index (κ3) is 3.10. The van der Waals surface area contributed by atoms with Gasteiger partial charge in [-0.25, -0.2) is 8.78 Å². The van der Waals surface area contributed by atoms with Gasteiger partial charge in [-0.15, -0.1) is 0 Å². The van der Waals surface area contributed by atoms with Gasteiger partial charge in [-0.1, -0.05) is 11.6 Å². The maximum Gasteiger partial charge on any atom is 0.319 e. The van der Waals surface area contributed by atoms with Crippen LogP contribution in [0.1, 0.15) is 26.2 Å². The monoisotopic (exact) mass is 467 g/mol. The first kappa shape index (κ1) is 20.6. The van der Waals surface area contributed by atoms with E-state index in [-0.39, 0.29) is 46.9 Å². The number of alkyl halides is 1. The number of ether oxygens (including phenoxy) is 3. The van der Waals surface area contributed by atoms with Gasteiger partial charge in [0.2, 0.25) is 5.88 Å². The summed E-state index contributed by atoms with van der Waals surface area (Å²) in [6.45, 7) is 4.98. The largest absolute Gasteiger partial charge is 0.472 e. The van der Waals surface area contributed by atoms with E-state index < -0.39 is 12.0 Å². The van der Waals surface area contributed by atoms with Crippen LogP contribution in [0.3, 0.4) is 0 Å². The second-order valence-electron chi connectivity index (χ2n) is 9.10. The van der Waals surface area contributed by atoms with E-state index in [0.717, 1.165) is 19.4 Å². The molecule has 11 heteroatoms. The van der Waals surface area contributed by atoms with Crippen LogP contribution in [-0.2, 0) is 4.74 Å². The molecule has 2 aromatic rings. The molecule has 0 saturated carbocycles. The molecule has 32 heavy (non-hydrogen) atoms. The molecule has 0 spiro atoms. The number of aromatic nitrogens is 3. The quantitative estimate of drug-likeness (QED) is 0.638. The minimum Gasteiger partial charge on any atom is -0.472 e. The molecule has 0 aliphatic carbocycles. The van der Waals surface area contributed by atoms with Gasteiger partial charge in [-0.2, -0.15) is 15.0 Å². The number of hydrogen-bond acceptors (Lipinski definition) is 8. The summed E-state index contributed by atoms with van der Waals surface area (Å²) in [6.07, 6.45) is 1.15. The Morgan fingerprint density at radius 1 is 1.28 bits per heavy atom. The summed E-state index contributed by atoms with van der Waals surface area (Å²) < 4.78 is 46.9. The summed E-state index contributed by atoms with van der Waals surface area (Å²) in [4.78, 5) is 17.3. The normalized spacial score (nSPS) is 31.9. The maximum atomic E-state index is 15.1. The van der Waals surface area contributed by atoms with E-state index in [2.05, 4.69) is 19.9 Å². The third-order valence-corrected chi connectivity index (χ3v) is 7.43. The second-order valence-corrected chi connectivity index (χ2v) is 9.46. The van der Waals surface area contributed by atoms with E-state index in [1.807, 2.05) is 11.8 Å². The molecule has 2 aromatic heterocycles. The SMILES string of the molecule is C[C@H]1Oc2nc(Cl)c(F)c3nc(OC[C@@]45CCCN4C[C@H](F)C5)nc(c23)N2CCOC[C@@H]12. The summed E-state index contributed by atoms with van der Waals surface area (Å²) >= 11 is 6.07. The van der Waals surface area contributed by atoms with E-state index in [1.165, 1.54) is 0 Å². The molecule has 0 amide bonds. The Hall–Kier alpha value is -2.04. The average Bonchev–Trinajstić information content (AvgIpc) is 3.27. The Balaban J connectivity index is 1.43. The predicted octanol–water partition coefficient (Wildman–Crippen LogP) is 2.76. The Bertz CT molecular complexity index is 1080. The van der Waals surface area contributed by atoms with Gasteiger partial charge in [0.25, 0.3) is 0 Å². The van der Waals surface area contributed by atoms with Crippen molar-refractivity contribution in [1.82, 2.24) is 19.9 Å². The van der Waals surface area contributed by atoms with Gasteiger partial charge in [-0.3, -0.25) is 4.90 Å². The van der Waals surface area contributed by atoms with E-state index in [1.54, 1.807) is 0 Å². The van der Waals surface area contributed by atoms with E-state index >= 15 is 4.39 Å². The molecule has 3 saturated heterocycles. The third-order valence-electron chi connectivity index (χ3n) is 7.18. The fourth-order valence-corrected chi connectivity index (χ4v) is 5.78. The number of morpholine rings is 1. The molecular weight excluding hydrogens is 444 g/mol. The average molecular weight is 468 g/mol. The van der Waals surface area contributed by atoms with Crippen LogP contribution in [0.4, 0.5) is 14.6 Å². The molecule has 4 aliphatic heterocycles. The van der Waals surface area contributed by atoms with Gasteiger partial charge in [0.05, 0.1) is 24.8 Å². The van der Waals surface area contributed by atoms with Crippen molar-refractivity contribution in [2.24, 2.45) is 0 Å². The van der Waals surface area contributed by atoms with Crippen molar-refractivity contribution in [1.29, 1.82) is 0 Å². The van der Waals surface area contributed by atoms with Gasteiger partial charge in [0, 0.05) is 19.5 Å². The molecular formula is C21H24ClF2N5O3. The smallest absolute Gasteiger partial charge is 0.319 e. The second kappa shape index (κ2) is 7.50. The van der Waals surface area contributed by atoms with Gasteiger partial charge >= 0.3 is 6.01 Å². The zero-order valence-electron chi connectivity index (χ0n) is 17.7. The molecule has 6 heterocycles. The standard InChI is InChI=1S/C21H24ClF2N5O3/c1-11-13-9-30-6-5-29(13)18-14-16(15(24)17(22)26-19(14)32-11)25-20(27-18)31-10-21-3-2-4-28(21)8-12(23)7-21/h11-13H,2-10H2,1H3/t11-,12-,13+,21+/m1/s1. The highest BCUT2D eigenvalue weighted by molar-refractivity contribution is 6.30. The molecule has 0 aromatic carbocycles. The fraction of sp³-hybridized carbons (Fsp3) is 0.667. The van der Waals surface area contributed by atoms with Gasteiger partial charge < -0.3 is 19.1 Å². The maximum absolute atomic E-state index is 15.1. The highest BCUT2D eigenvalue weighted by Gasteiger charge is 2.49. The van der Waals surface area contributed by atoms with Crippen molar-refractivity contribution in [2.45, 2.75) is 50.0 Å². The Kier molecular flexibility index (Phi) is 4.82. The van der Waals surface area contributed by atoms with Gasteiger partial charge in [-0.05, 0) is 26.3 Å². The van der Waals surface area contributed by atoms with E-state index in [9.17, 15) is 4.39 Å². The Labute approximate surface area is 188 Å². The summed E-state index contributed by atoms with van der Waals surface area (Å²) in [7, 11) is 0. The first-order chi connectivity index (χ1) is 15.4. The number of rotatable bonds is 3. The topological polar surface area (TPSA) is 72.8 Å². The molecule has 4 atom stereocenters. The lowest BCUT2D eigenvalue weighted by molar-refractivity contribution is 0.0523. The molecule has 0 N–H and O–H groups in total. The number of hydrogen-bond donors (Lipinski definition) is 0. The molecule has 6 rings (SSSR count). The minimum absolute atomic E-state index is 0.00918. The highest BCUT2D eigenvalue weighted by atomic mass is 35.5.